The summed E-state index contributed by atoms with van der Waals surface area (Å²) in [4.78, 5) is 2.43. The molecule has 2 atom stereocenters. The smallest absolute Gasteiger partial charge is 0.161 e. The normalized spacial score (nSPS) is 22.9. The molecule has 1 saturated heterocycles. The SMILES string of the molecule is NC[C@H]1O[C@@H](C2CCN(CCOc3ccccc3)CC2)Cc2c1ccc(O)c2O. The van der Waals surface area contributed by atoms with Crippen molar-refractivity contribution in [1.29, 1.82) is 0 Å². The van der Waals surface area contributed by atoms with Crippen molar-refractivity contribution in [2.24, 2.45) is 11.7 Å². The number of hydrogen-bond acceptors (Lipinski definition) is 6. The van der Waals surface area contributed by atoms with Crippen LogP contribution in [0.5, 0.6) is 17.2 Å². The number of para-hydroxylation sites is 1. The number of rotatable bonds is 6. The van der Waals surface area contributed by atoms with Crippen LogP contribution in [0.4, 0.5) is 0 Å². The average molecular weight is 399 g/mol. The number of fused-ring (bicyclic) bond motifs is 1. The van der Waals surface area contributed by atoms with Gasteiger partial charge in [0.2, 0.25) is 0 Å². The van der Waals surface area contributed by atoms with Crippen LogP contribution in [0.3, 0.4) is 0 Å². The summed E-state index contributed by atoms with van der Waals surface area (Å²) in [5.41, 5.74) is 7.62. The molecule has 156 valence electrons. The van der Waals surface area contributed by atoms with Gasteiger partial charge >= 0.3 is 0 Å². The predicted octanol–water partition coefficient (Wildman–Crippen LogP) is 2.83. The number of nitrogens with two attached hydrogens (primary N) is 1. The van der Waals surface area contributed by atoms with Crippen LogP contribution in [-0.4, -0.2) is 54.0 Å². The molecule has 0 radical (unpaired) electrons. The highest BCUT2D eigenvalue weighted by atomic mass is 16.5. The molecule has 6 nitrogen and oxygen atoms in total. The lowest BCUT2D eigenvalue weighted by Crippen LogP contribution is -2.43. The first kappa shape index (κ1) is 20.0. The zero-order valence-corrected chi connectivity index (χ0v) is 16.7. The fourth-order valence-corrected chi connectivity index (χ4v) is 4.51. The summed E-state index contributed by atoms with van der Waals surface area (Å²) in [5, 5.41) is 20.2. The van der Waals surface area contributed by atoms with E-state index < -0.39 is 0 Å². The highest BCUT2D eigenvalue weighted by molar-refractivity contribution is 5.51. The van der Waals surface area contributed by atoms with Crippen LogP contribution >= 0.6 is 0 Å². The van der Waals surface area contributed by atoms with E-state index in [-0.39, 0.29) is 23.7 Å². The van der Waals surface area contributed by atoms with Crippen molar-refractivity contribution in [2.45, 2.75) is 31.5 Å². The summed E-state index contributed by atoms with van der Waals surface area (Å²) < 4.78 is 12.1. The summed E-state index contributed by atoms with van der Waals surface area (Å²) in [6, 6.07) is 13.2. The Morgan fingerprint density at radius 2 is 1.83 bits per heavy atom. The molecule has 2 aliphatic heterocycles. The minimum atomic E-state index is -0.229. The van der Waals surface area contributed by atoms with Gasteiger partial charge in [0, 0.05) is 25.1 Å². The largest absolute Gasteiger partial charge is 0.504 e. The topological polar surface area (TPSA) is 88.2 Å². The van der Waals surface area contributed by atoms with Crippen molar-refractivity contribution < 1.29 is 19.7 Å². The second-order valence-electron chi connectivity index (χ2n) is 7.94. The van der Waals surface area contributed by atoms with Gasteiger partial charge in [-0.15, -0.1) is 0 Å². The van der Waals surface area contributed by atoms with Crippen molar-refractivity contribution in [1.82, 2.24) is 4.90 Å². The Hall–Kier alpha value is -2.28. The summed E-state index contributed by atoms with van der Waals surface area (Å²) >= 11 is 0. The lowest BCUT2D eigenvalue weighted by Gasteiger charge is -2.40. The molecule has 4 N–H and O–H groups in total. The number of benzene rings is 2. The summed E-state index contributed by atoms with van der Waals surface area (Å²) in [7, 11) is 0. The van der Waals surface area contributed by atoms with Gasteiger partial charge < -0.3 is 25.4 Å². The van der Waals surface area contributed by atoms with Gasteiger partial charge in [0.15, 0.2) is 11.5 Å². The molecular weight excluding hydrogens is 368 g/mol. The van der Waals surface area contributed by atoms with Crippen molar-refractivity contribution in [3.05, 3.63) is 53.6 Å². The molecule has 0 saturated carbocycles. The van der Waals surface area contributed by atoms with E-state index in [1.165, 1.54) is 6.07 Å². The van der Waals surface area contributed by atoms with Gasteiger partial charge in [-0.25, -0.2) is 0 Å². The molecule has 0 amide bonds. The Morgan fingerprint density at radius 3 is 2.55 bits per heavy atom. The van der Waals surface area contributed by atoms with Crippen LogP contribution < -0.4 is 10.5 Å². The Balaban J connectivity index is 1.31. The minimum absolute atomic E-state index is 0.0199. The van der Waals surface area contributed by atoms with Crippen molar-refractivity contribution >= 4 is 0 Å². The number of ether oxygens (including phenoxy) is 2. The third-order valence-corrected chi connectivity index (χ3v) is 6.18. The molecule has 0 aromatic heterocycles. The minimum Gasteiger partial charge on any atom is -0.504 e. The molecular formula is C23H30N2O4. The van der Waals surface area contributed by atoms with Gasteiger partial charge in [0.05, 0.1) is 12.2 Å². The fourth-order valence-electron chi connectivity index (χ4n) is 4.51. The molecule has 0 bridgehead atoms. The van der Waals surface area contributed by atoms with E-state index in [4.69, 9.17) is 15.2 Å². The molecule has 0 unspecified atom stereocenters. The van der Waals surface area contributed by atoms with Gasteiger partial charge in [-0.1, -0.05) is 24.3 Å². The van der Waals surface area contributed by atoms with Crippen molar-refractivity contribution in [2.75, 3.05) is 32.8 Å². The number of phenolic OH excluding ortho intramolecular Hbond substituents is 2. The molecule has 1 fully saturated rings. The monoisotopic (exact) mass is 398 g/mol. The number of nitrogens with zero attached hydrogens (tertiary/aromatic N) is 1. The number of likely N-dealkylation sites (tertiary alicyclic amines) is 1. The number of hydrogen-bond donors (Lipinski definition) is 3. The summed E-state index contributed by atoms with van der Waals surface area (Å²) in [6.45, 7) is 3.98. The number of aromatic hydroxyl groups is 2. The molecule has 0 spiro atoms. The quantitative estimate of drug-likeness (QED) is 0.649. The lowest BCUT2D eigenvalue weighted by atomic mass is 9.83. The Morgan fingerprint density at radius 1 is 1.07 bits per heavy atom. The summed E-state index contributed by atoms with van der Waals surface area (Å²) in [6.07, 6.45) is 2.50. The van der Waals surface area contributed by atoms with E-state index in [1.54, 1.807) is 0 Å². The van der Waals surface area contributed by atoms with E-state index >= 15 is 0 Å². The Kier molecular flexibility index (Phi) is 6.23. The maximum absolute atomic E-state index is 10.3. The number of phenols is 2. The van der Waals surface area contributed by atoms with Gasteiger partial charge in [0.1, 0.15) is 12.4 Å². The van der Waals surface area contributed by atoms with E-state index in [9.17, 15) is 10.2 Å². The van der Waals surface area contributed by atoms with E-state index in [2.05, 4.69) is 4.90 Å². The van der Waals surface area contributed by atoms with Crippen LogP contribution in [0.2, 0.25) is 0 Å². The molecule has 2 heterocycles. The van der Waals surface area contributed by atoms with Crippen molar-refractivity contribution in [3.63, 3.8) is 0 Å². The van der Waals surface area contributed by atoms with Crippen LogP contribution in [0.15, 0.2) is 42.5 Å². The molecule has 29 heavy (non-hydrogen) atoms. The molecule has 2 aliphatic rings. The highest BCUT2D eigenvalue weighted by Gasteiger charge is 2.35. The van der Waals surface area contributed by atoms with Crippen LogP contribution in [-0.2, 0) is 11.2 Å². The van der Waals surface area contributed by atoms with E-state index in [0.717, 1.165) is 49.4 Å². The molecule has 2 aromatic rings. The Labute approximate surface area is 171 Å². The van der Waals surface area contributed by atoms with Crippen LogP contribution in [0.1, 0.15) is 30.1 Å². The Bertz CT molecular complexity index is 806. The maximum atomic E-state index is 10.3. The first-order valence-corrected chi connectivity index (χ1v) is 10.4. The van der Waals surface area contributed by atoms with Gasteiger partial charge in [-0.05, 0) is 55.6 Å². The second kappa shape index (κ2) is 9.03. The van der Waals surface area contributed by atoms with Crippen LogP contribution in [0, 0.1) is 5.92 Å². The predicted molar refractivity (Wildman–Crippen MR) is 111 cm³/mol. The van der Waals surface area contributed by atoms with E-state index in [0.29, 0.717) is 25.5 Å². The van der Waals surface area contributed by atoms with Gasteiger partial charge in [0.25, 0.3) is 0 Å². The zero-order chi connectivity index (χ0) is 20.2. The maximum Gasteiger partial charge on any atom is 0.161 e. The first-order chi connectivity index (χ1) is 14.2. The lowest BCUT2D eigenvalue weighted by molar-refractivity contribution is -0.0650. The zero-order valence-electron chi connectivity index (χ0n) is 16.7. The fraction of sp³-hybridized carbons (Fsp3) is 0.478. The average Bonchev–Trinajstić information content (AvgIpc) is 2.77. The molecule has 4 rings (SSSR count). The van der Waals surface area contributed by atoms with E-state index in [1.807, 2.05) is 36.4 Å². The first-order valence-electron chi connectivity index (χ1n) is 10.4. The molecule has 6 heteroatoms. The standard InChI is InChI=1S/C23H30N2O4/c24-15-22-18-6-7-20(26)23(27)19(18)14-21(29-22)16-8-10-25(11-9-16)12-13-28-17-4-2-1-3-5-17/h1-7,16,21-22,26-27H,8-15,24H2/t21-,22-/m1/s1. The third kappa shape index (κ3) is 4.50. The van der Waals surface area contributed by atoms with Crippen molar-refractivity contribution in [3.8, 4) is 17.2 Å². The number of piperidine rings is 1. The van der Waals surface area contributed by atoms with Crippen LogP contribution in [0.25, 0.3) is 0 Å². The third-order valence-electron chi connectivity index (χ3n) is 6.18. The van der Waals surface area contributed by atoms with Gasteiger partial charge in [-0.3, -0.25) is 4.90 Å². The second-order valence-corrected chi connectivity index (χ2v) is 7.94. The highest BCUT2D eigenvalue weighted by Crippen LogP contribution is 2.42. The van der Waals surface area contributed by atoms with Gasteiger partial charge in [-0.2, -0.15) is 0 Å². The summed E-state index contributed by atoms with van der Waals surface area (Å²) in [5.74, 6) is 1.23. The molecule has 2 aromatic carbocycles. The molecule has 0 aliphatic carbocycles.